The molecule has 0 fully saturated rings. The molecule has 0 radical (unpaired) electrons. The molecule has 8 heteroatoms. The number of rotatable bonds is 9. The van der Waals surface area contributed by atoms with Crippen molar-refractivity contribution < 1.29 is 22.8 Å². The summed E-state index contributed by atoms with van der Waals surface area (Å²) in [6, 6.07) is 1.58. The average molecular weight is 304 g/mol. The smallest absolute Gasteiger partial charge is 0.303 e. The van der Waals surface area contributed by atoms with Crippen LogP contribution in [0.4, 0.5) is 0 Å². The van der Waals surface area contributed by atoms with Gasteiger partial charge in [0.05, 0.1) is 0 Å². The number of carboxylic acids is 1. The quantitative estimate of drug-likeness (QED) is 0.711. The van der Waals surface area contributed by atoms with Crippen molar-refractivity contribution in [1.82, 2.24) is 9.88 Å². The highest BCUT2D eigenvalue weighted by Crippen LogP contribution is 2.10. The van der Waals surface area contributed by atoms with Crippen LogP contribution in [0.3, 0.4) is 0 Å². The third-order valence-corrected chi connectivity index (χ3v) is 4.14. The average Bonchev–Trinajstić information content (AvgIpc) is 2.71. The van der Waals surface area contributed by atoms with Crippen LogP contribution < -0.4 is 4.72 Å². The first-order valence-electron chi connectivity index (χ1n) is 6.40. The SMILES string of the molecule is Cc1cc(CS(=O)(=O)NCCC(C)CCC(=O)O)no1. The maximum Gasteiger partial charge on any atom is 0.303 e. The van der Waals surface area contributed by atoms with Gasteiger partial charge in [0.25, 0.3) is 0 Å². The Morgan fingerprint density at radius 3 is 2.75 bits per heavy atom. The Labute approximate surface area is 118 Å². The molecule has 1 aromatic rings. The molecule has 0 aromatic carbocycles. The standard InChI is InChI=1S/C12H20N2O5S/c1-9(3-4-12(15)16)5-6-13-20(17,18)8-11-7-10(2)19-14-11/h7,9,13H,3-6,8H2,1-2H3,(H,15,16). The van der Waals surface area contributed by atoms with Gasteiger partial charge in [-0.2, -0.15) is 0 Å². The van der Waals surface area contributed by atoms with Crippen LogP contribution in [0.2, 0.25) is 0 Å². The maximum absolute atomic E-state index is 11.8. The van der Waals surface area contributed by atoms with Gasteiger partial charge in [0.15, 0.2) is 0 Å². The number of hydrogen-bond acceptors (Lipinski definition) is 5. The minimum absolute atomic E-state index is 0.103. The van der Waals surface area contributed by atoms with Gasteiger partial charge in [-0.05, 0) is 25.7 Å². The second kappa shape index (κ2) is 7.39. The predicted octanol–water partition coefficient (Wildman–Crippen LogP) is 1.29. The second-order valence-electron chi connectivity index (χ2n) is 4.91. The largest absolute Gasteiger partial charge is 0.481 e. The fourth-order valence-corrected chi connectivity index (χ4v) is 2.76. The Morgan fingerprint density at radius 1 is 1.50 bits per heavy atom. The summed E-state index contributed by atoms with van der Waals surface area (Å²) < 4.78 is 30.8. The number of nitrogens with zero attached hydrogens (tertiary/aromatic N) is 1. The molecule has 1 heterocycles. The summed E-state index contributed by atoms with van der Waals surface area (Å²) in [6.45, 7) is 3.89. The molecule has 1 atom stereocenters. The molecule has 0 aliphatic rings. The summed E-state index contributed by atoms with van der Waals surface area (Å²) in [5.74, 6) is -0.326. The molecule has 0 aliphatic carbocycles. The zero-order chi connectivity index (χ0) is 15.2. The van der Waals surface area contributed by atoms with Crippen LogP contribution in [-0.4, -0.2) is 31.2 Å². The number of sulfonamides is 1. The van der Waals surface area contributed by atoms with E-state index < -0.39 is 16.0 Å². The van der Waals surface area contributed by atoms with E-state index in [4.69, 9.17) is 9.63 Å². The van der Waals surface area contributed by atoms with Crippen molar-refractivity contribution in [3.63, 3.8) is 0 Å². The van der Waals surface area contributed by atoms with Gasteiger partial charge in [-0.25, -0.2) is 13.1 Å². The van der Waals surface area contributed by atoms with Crippen molar-refractivity contribution >= 4 is 16.0 Å². The Morgan fingerprint density at radius 2 is 2.20 bits per heavy atom. The van der Waals surface area contributed by atoms with Crippen LogP contribution in [0.5, 0.6) is 0 Å². The van der Waals surface area contributed by atoms with E-state index in [1.165, 1.54) is 0 Å². The molecule has 0 saturated heterocycles. The van der Waals surface area contributed by atoms with Crippen molar-refractivity contribution in [1.29, 1.82) is 0 Å². The highest BCUT2D eigenvalue weighted by Gasteiger charge is 2.14. The van der Waals surface area contributed by atoms with E-state index in [-0.39, 0.29) is 18.1 Å². The minimum Gasteiger partial charge on any atom is -0.481 e. The highest BCUT2D eigenvalue weighted by atomic mass is 32.2. The summed E-state index contributed by atoms with van der Waals surface area (Å²) in [6.07, 6.45) is 1.25. The van der Waals surface area contributed by atoms with Gasteiger partial charge in [0.2, 0.25) is 10.0 Å². The van der Waals surface area contributed by atoms with E-state index in [2.05, 4.69) is 9.88 Å². The number of aliphatic carboxylic acids is 1. The molecule has 2 N–H and O–H groups in total. The number of carboxylic acid groups (broad SMARTS) is 1. The molecule has 1 rings (SSSR count). The molecule has 20 heavy (non-hydrogen) atoms. The Kier molecular flexibility index (Phi) is 6.15. The van der Waals surface area contributed by atoms with Crippen molar-refractivity contribution in [2.75, 3.05) is 6.54 Å². The van der Waals surface area contributed by atoms with E-state index in [1.807, 2.05) is 6.92 Å². The Balaban J connectivity index is 2.31. The summed E-state index contributed by atoms with van der Waals surface area (Å²) in [5.41, 5.74) is 0.369. The van der Waals surface area contributed by atoms with Gasteiger partial charge in [-0.1, -0.05) is 12.1 Å². The first kappa shape index (κ1) is 16.6. The van der Waals surface area contributed by atoms with Gasteiger partial charge in [0.1, 0.15) is 17.2 Å². The van der Waals surface area contributed by atoms with E-state index in [0.29, 0.717) is 30.8 Å². The molecule has 114 valence electrons. The Bertz CT molecular complexity index is 538. The first-order chi connectivity index (χ1) is 9.28. The van der Waals surface area contributed by atoms with Gasteiger partial charge in [0, 0.05) is 19.0 Å². The fraction of sp³-hybridized carbons (Fsp3) is 0.667. The molecule has 0 aliphatic heterocycles. The van der Waals surface area contributed by atoms with E-state index in [1.54, 1.807) is 13.0 Å². The predicted molar refractivity (Wildman–Crippen MR) is 72.5 cm³/mol. The zero-order valence-electron chi connectivity index (χ0n) is 11.6. The van der Waals surface area contributed by atoms with Crippen LogP contribution in [0.25, 0.3) is 0 Å². The lowest BCUT2D eigenvalue weighted by Crippen LogP contribution is -2.27. The molecule has 0 bridgehead atoms. The molecule has 0 amide bonds. The van der Waals surface area contributed by atoms with Crippen molar-refractivity contribution in [3.8, 4) is 0 Å². The van der Waals surface area contributed by atoms with Crippen molar-refractivity contribution in [2.45, 2.75) is 38.9 Å². The second-order valence-corrected chi connectivity index (χ2v) is 6.72. The Hall–Kier alpha value is -1.41. The summed E-state index contributed by atoms with van der Waals surface area (Å²) in [5, 5.41) is 12.2. The first-order valence-corrected chi connectivity index (χ1v) is 8.05. The third kappa shape index (κ3) is 6.67. The number of aromatic nitrogens is 1. The molecule has 1 unspecified atom stereocenters. The lowest BCUT2D eigenvalue weighted by Gasteiger charge is -2.10. The lowest BCUT2D eigenvalue weighted by atomic mass is 10.0. The van der Waals surface area contributed by atoms with Gasteiger partial charge in [-0.15, -0.1) is 0 Å². The van der Waals surface area contributed by atoms with Crippen LogP contribution in [-0.2, 0) is 20.6 Å². The van der Waals surface area contributed by atoms with Crippen LogP contribution in [0.1, 0.15) is 37.6 Å². The molecule has 1 aromatic heterocycles. The number of nitrogens with one attached hydrogen (secondary N) is 1. The topological polar surface area (TPSA) is 110 Å². The molecular weight excluding hydrogens is 284 g/mol. The van der Waals surface area contributed by atoms with E-state index in [9.17, 15) is 13.2 Å². The van der Waals surface area contributed by atoms with Crippen LogP contribution >= 0.6 is 0 Å². The number of aryl methyl sites for hydroxylation is 1. The number of hydrogen-bond donors (Lipinski definition) is 2. The van der Waals surface area contributed by atoms with Crippen LogP contribution in [0.15, 0.2) is 10.6 Å². The van der Waals surface area contributed by atoms with E-state index in [0.717, 1.165) is 0 Å². The summed E-state index contributed by atoms with van der Waals surface area (Å²) >= 11 is 0. The van der Waals surface area contributed by atoms with Gasteiger partial charge < -0.3 is 9.63 Å². The van der Waals surface area contributed by atoms with Gasteiger partial charge in [-0.3, -0.25) is 4.79 Å². The van der Waals surface area contributed by atoms with Gasteiger partial charge >= 0.3 is 5.97 Å². The molecule has 7 nitrogen and oxygen atoms in total. The monoisotopic (exact) mass is 304 g/mol. The zero-order valence-corrected chi connectivity index (χ0v) is 12.4. The highest BCUT2D eigenvalue weighted by molar-refractivity contribution is 7.88. The maximum atomic E-state index is 11.8. The number of carbonyl (C=O) groups is 1. The molecular formula is C12H20N2O5S. The van der Waals surface area contributed by atoms with Crippen molar-refractivity contribution in [3.05, 3.63) is 17.5 Å². The normalized spacial score (nSPS) is 13.3. The van der Waals surface area contributed by atoms with Crippen LogP contribution in [0, 0.1) is 12.8 Å². The molecule has 0 saturated carbocycles. The third-order valence-electron chi connectivity index (χ3n) is 2.82. The van der Waals surface area contributed by atoms with Crippen molar-refractivity contribution in [2.24, 2.45) is 5.92 Å². The summed E-state index contributed by atoms with van der Waals surface area (Å²) in [4.78, 5) is 10.4. The lowest BCUT2D eigenvalue weighted by molar-refractivity contribution is -0.137. The van der Waals surface area contributed by atoms with E-state index >= 15 is 0 Å². The molecule has 0 spiro atoms. The fourth-order valence-electron chi connectivity index (χ4n) is 1.71. The minimum atomic E-state index is -3.44. The summed E-state index contributed by atoms with van der Waals surface area (Å²) in [7, 11) is -3.44.